The number of hydrogen-bond acceptors (Lipinski definition) is 3. The lowest BCUT2D eigenvalue weighted by atomic mass is 9.84. The van der Waals surface area contributed by atoms with Gasteiger partial charge in [0.05, 0.1) is 5.92 Å². The topological polar surface area (TPSA) is 92.4 Å². The summed E-state index contributed by atoms with van der Waals surface area (Å²) in [5.74, 6) is -0.862. The molecule has 1 fully saturated rings. The van der Waals surface area contributed by atoms with Crippen molar-refractivity contribution in [2.24, 2.45) is 17.1 Å². The van der Waals surface area contributed by atoms with E-state index < -0.39 is 5.97 Å². The molecule has 4 N–H and O–H groups in total. The summed E-state index contributed by atoms with van der Waals surface area (Å²) < 4.78 is 0. The van der Waals surface area contributed by atoms with Crippen molar-refractivity contribution in [3.8, 4) is 0 Å². The van der Waals surface area contributed by atoms with E-state index >= 15 is 0 Å². The number of nitrogens with two attached hydrogens (primary N) is 1. The van der Waals surface area contributed by atoms with Gasteiger partial charge in [0.25, 0.3) is 0 Å². The zero-order valence-electron chi connectivity index (χ0n) is 12.7. The standard InChI is InChI=1S/C15H28N2O3/c1-15(2,9-10-16)8-7-13(18)17-12-5-3-11(4-6-12)14(19)20/h11-12H,3-10,16H2,1-2H3,(H,17,18)(H,19,20). The molecule has 1 amide bonds. The van der Waals surface area contributed by atoms with Gasteiger partial charge in [-0.15, -0.1) is 0 Å². The zero-order chi connectivity index (χ0) is 15.2. The second-order valence-corrected chi connectivity index (χ2v) is 6.66. The highest BCUT2D eigenvalue weighted by Gasteiger charge is 2.27. The number of carbonyl (C=O) groups excluding carboxylic acids is 1. The van der Waals surface area contributed by atoms with Crippen molar-refractivity contribution >= 4 is 11.9 Å². The Morgan fingerprint density at radius 1 is 1.20 bits per heavy atom. The number of hydrogen-bond donors (Lipinski definition) is 3. The molecular formula is C15H28N2O3. The number of nitrogens with one attached hydrogen (secondary N) is 1. The number of carboxylic acid groups (broad SMARTS) is 1. The van der Waals surface area contributed by atoms with Crippen LogP contribution in [0.15, 0.2) is 0 Å². The lowest BCUT2D eigenvalue weighted by molar-refractivity contribution is -0.142. The molecule has 0 radical (unpaired) electrons. The van der Waals surface area contributed by atoms with E-state index in [1.165, 1.54) is 0 Å². The highest BCUT2D eigenvalue weighted by atomic mass is 16.4. The van der Waals surface area contributed by atoms with Gasteiger partial charge < -0.3 is 16.2 Å². The third-order valence-electron chi connectivity index (χ3n) is 4.29. The summed E-state index contributed by atoms with van der Waals surface area (Å²) in [5.41, 5.74) is 5.66. The molecular weight excluding hydrogens is 256 g/mol. The molecule has 1 aliphatic carbocycles. The summed E-state index contributed by atoms with van der Waals surface area (Å²) in [6.07, 6.45) is 5.15. The van der Waals surface area contributed by atoms with Gasteiger partial charge in [0.2, 0.25) is 5.91 Å². The molecule has 0 spiro atoms. The molecule has 5 heteroatoms. The van der Waals surface area contributed by atoms with Crippen LogP contribution >= 0.6 is 0 Å². The van der Waals surface area contributed by atoms with E-state index in [0.717, 1.165) is 25.7 Å². The molecule has 0 unspecified atom stereocenters. The molecule has 0 heterocycles. The van der Waals surface area contributed by atoms with Crippen LogP contribution in [-0.2, 0) is 9.59 Å². The van der Waals surface area contributed by atoms with Crippen LogP contribution in [0.3, 0.4) is 0 Å². The monoisotopic (exact) mass is 284 g/mol. The second-order valence-electron chi connectivity index (χ2n) is 6.66. The molecule has 5 nitrogen and oxygen atoms in total. The zero-order valence-corrected chi connectivity index (χ0v) is 12.7. The summed E-state index contributed by atoms with van der Waals surface area (Å²) >= 11 is 0. The van der Waals surface area contributed by atoms with Gasteiger partial charge in [-0.2, -0.15) is 0 Å². The third-order valence-corrected chi connectivity index (χ3v) is 4.29. The quantitative estimate of drug-likeness (QED) is 0.665. The van der Waals surface area contributed by atoms with Crippen LogP contribution in [0.5, 0.6) is 0 Å². The smallest absolute Gasteiger partial charge is 0.306 e. The van der Waals surface area contributed by atoms with Crippen LogP contribution in [0.1, 0.15) is 58.8 Å². The van der Waals surface area contributed by atoms with E-state index in [4.69, 9.17) is 10.8 Å². The van der Waals surface area contributed by atoms with Gasteiger partial charge in [-0.25, -0.2) is 0 Å². The number of aliphatic carboxylic acids is 1. The van der Waals surface area contributed by atoms with Gasteiger partial charge in [-0.1, -0.05) is 13.8 Å². The summed E-state index contributed by atoms with van der Waals surface area (Å²) in [7, 11) is 0. The van der Waals surface area contributed by atoms with E-state index in [9.17, 15) is 9.59 Å². The maximum atomic E-state index is 11.9. The Morgan fingerprint density at radius 2 is 1.80 bits per heavy atom. The highest BCUT2D eigenvalue weighted by Crippen LogP contribution is 2.27. The molecule has 1 aliphatic rings. The van der Waals surface area contributed by atoms with Crippen molar-refractivity contribution in [1.82, 2.24) is 5.32 Å². The lowest BCUT2D eigenvalue weighted by Gasteiger charge is -2.28. The average molecular weight is 284 g/mol. The van der Waals surface area contributed by atoms with Crippen LogP contribution in [0.4, 0.5) is 0 Å². The van der Waals surface area contributed by atoms with Gasteiger partial charge in [-0.05, 0) is 50.5 Å². The highest BCUT2D eigenvalue weighted by molar-refractivity contribution is 5.76. The predicted molar refractivity (Wildman–Crippen MR) is 78.2 cm³/mol. The Bertz CT molecular complexity index is 334. The molecule has 0 aromatic carbocycles. The summed E-state index contributed by atoms with van der Waals surface area (Å²) in [6, 6.07) is 0.149. The molecule has 20 heavy (non-hydrogen) atoms. The van der Waals surface area contributed by atoms with E-state index in [1.54, 1.807) is 0 Å². The van der Waals surface area contributed by atoms with Crippen molar-refractivity contribution < 1.29 is 14.7 Å². The van der Waals surface area contributed by atoms with Gasteiger partial charge >= 0.3 is 5.97 Å². The second kappa shape index (κ2) is 7.62. The third kappa shape index (κ3) is 5.90. The molecule has 0 aromatic heterocycles. The summed E-state index contributed by atoms with van der Waals surface area (Å²) in [4.78, 5) is 22.8. The summed E-state index contributed by atoms with van der Waals surface area (Å²) in [5, 5.41) is 12.0. The van der Waals surface area contributed by atoms with E-state index in [2.05, 4.69) is 19.2 Å². The normalized spacial score (nSPS) is 23.4. The minimum atomic E-state index is -0.710. The number of rotatable bonds is 7. The summed E-state index contributed by atoms with van der Waals surface area (Å²) in [6.45, 7) is 4.91. The maximum absolute atomic E-state index is 11.9. The Kier molecular flexibility index (Phi) is 6.46. The van der Waals surface area contributed by atoms with Crippen molar-refractivity contribution in [3.63, 3.8) is 0 Å². The van der Waals surface area contributed by atoms with Crippen LogP contribution in [-0.4, -0.2) is 29.6 Å². The van der Waals surface area contributed by atoms with Crippen molar-refractivity contribution in [2.75, 3.05) is 6.54 Å². The van der Waals surface area contributed by atoms with E-state index in [1.807, 2.05) is 0 Å². The Hall–Kier alpha value is -1.10. The molecule has 0 aromatic rings. The van der Waals surface area contributed by atoms with Crippen LogP contribution < -0.4 is 11.1 Å². The van der Waals surface area contributed by atoms with E-state index in [-0.39, 0.29) is 23.3 Å². The molecule has 0 saturated heterocycles. The van der Waals surface area contributed by atoms with Gasteiger partial charge in [0.15, 0.2) is 0 Å². The van der Waals surface area contributed by atoms with Gasteiger partial charge in [-0.3, -0.25) is 9.59 Å². The van der Waals surface area contributed by atoms with Crippen LogP contribution in [0, 0.1) is 11.3 Å². The molecule has 1 rings (SSSR count). The van der Waals surface area contributed by atoms with Crippen LogP contribution in [0.25, 0.3) is 0 Å². The first-order chi connectivity index (χ1) is 9.34. The van der Waals surface area contributed by atoms with Crippen molar-refractivity contribution in [2.45, 2.75) is 64.8 Å². The average Bonchev–Trinajstić information content (AvgIpc) is 2.37. The van der Waals surface area contributed by atoms with Crippen molar-refractivity contribution in [1.29, 1.82) is 0 Å². The minimum Gasteiger partial charge on any atom is -0.481 e. The molecule has 1 saturated carbocycles. The number of amides is 1. The lowest BCUT2D eigenvalue weighted by Crippen LogP contribution is -2.39. The molecule has 0 aliphatic heterocycles. The Labute approximate surface area is 121 Å². The Morgan fingerprint density at radius 3 is 2.30 bits per heavy atom. The molecule has 0 bridgehead atoms. The first-order valence-electron chi connectivity index (χ1n) is 7.56. The fourth-order valence-corrected chi connectivity index (χ4v) is 2.75. The first kappa shape index (κ1) is 17.0. The van der Waals surface area contributed by atoms with Gasteiger partial charge in [0.1, 0.15) is 0 Å². The molecule has 0 atom stereocenters. The number of carboxylic acids is 1. The SMILES string of the molecule is CC(C)(CCN)CCC(=O)NC1CCC(C(=O)O)CC1. The fraction of sp³-hybridized carbons (Fsp3) is 0.867. The van der Waals surface area contributed by atoms with Gasteiger partial charge in [0, 0.05) is 12.5 Å². The Balaban J connectivity index is 2.25. The first-order valence-corrected chi connectivity index (χ1v) is 7.56. The molecule has 116 valence electrons. The minimum absolute atomic E-state index is 0.0777. The predicted octanol–water partition coefficient (Wildman–Crippen LogP) is 1.90. The van der Waals surface area contributed by atoms with Crippen molar-refractivity contribution in [3.05, 3.63) is 0 Å². The van der Waals surface area contributed by atoms with E-state index in [0.29, 0.717) is 25.8 Å². The fourth-order valence-electron chi connectivity index (χ4n) is 2.75. The number of carbonyl (C=O) groups is 2. The maximum Gasteiger partial charge on any atom is 0.306 e. The van der Waals surface area contributed by atoms with Crippen LogP contribution in [0.2, 0.25) is 0 Å². The largest absolute Gasteiger partial charge is 0.481 e.